The molecule has 0 aliphatic carbocycles. The van der Waals surface area contributed by atoms with Gasteiger partial charge in [0.1, 0.15) is 5.82 Å². The SMILES string of the molecule is Nc1ncc(CN2CCn3c(n[nH]c3=O)C2)s1. The van der Waals surface area contributed by atoms with Crippen LogP contribution in [0, 0.1) is 0 Å². The molecule has 0 saturated heterocycles. The van der Waals surface area contributed by atoms with E-state index in [1.54, 1.807) is 10.8 Å². The number of aromatic nitrogens is 4. The van der Waals surface area contributed by atoms with Gasteiger partial charge in [-0.25, -0.2) is 14.9 Å². The van der Waals surface area contributed by atoms with E-state index in [0.717, 1.165) is 23.8 Å². The molecule has 0 bridgehead atoms. The van der Waals surface area contributed by atoms with Gasteiger partial charge in [-0.3, -0.25) is 9.47 Å². The average Bonchev–Trinajstić information content (AvgIpc) is 2.87. The lowest BCUT2D eigenvalue weighted by molar-refractivity contribution is 0.209. The summed E-state index contributed by atoms with van der Waals surface area (Å²) in [7, 11) is 0. The first kappa shape index (κ1) is 10.5. The highest BCUT2D eigenvalue weighted by atomic mass is 32.1. The molecular formula is C9H12N6OS. The van der Waals surface area contributed by atoms with Crippen molar-refractivity contribution in [3.63, 3.8) is 0 Å². The highest BCUT2D eigenvalue weighted by Gasteiger charge is 2.19. The Morgan fingerprint density at radius 1 is 1.53 bits per heavy atom. The fourth-order valence-corrected chi connectivity index (χ4v) is 2.70. The zero-order valence-electron chi connectivity index (χ0n) is 9.09. The molecular weight excluding hydrogens is 240 g/mol. The van der Waals surface area contributed by atoms with Crippen molar-refractivity contribution >= 4 is 16.5 Å². The molecule has 0 fully saturated rings. The van der Waals surface area contributed by atoms with Crippen molar-refractivity contribution in [2.24, 2.45) is 0 Å². The fraction of sp³-hybridized carbons (Fsp3) is 0.444. The van der Waals surface area contributed by atoms with E-state index in [2.05, 4.69) is 20.1 Å². The summed E-state index contributed by atoms with van der Waals surface area (Å²) in [5.41, 5.74) is 5.47. The number of nitrogen functional groups attached to an aromatic ring is 1. The third-order valence-corrected chi connectivity index (χ3v) is 3.60. The van der Waals surface area contributed by atoms with E-state index >= 15 is 0 Å². The predicted molar refractivity (Wildman–Crippen MR) is 63.5 cm³/mol. The van der Waals surface area contributed by atoms with Gasteiger partial charge in [-0.1, -0.05) is 0 Å². The topological polar surface area (TPSA) is 92.8 Å². The summed E-state index contributed by atoms with van der Waals surface area (Å²) < 4.78 is 1.68. The largest absolute Gasteiger partial charge is 0.375 e. The van der Waals surface area contributed by atoms with Gasteiger partial charge in [-0.05, 0) is 0 Å². The van der Waals surface area contributed by atoms with Crippen LogP contribution in [0.25, 0.3) is 0 Å². The highest BCUT2D eigenvalue weighted by molar-refractivity contribution is 7.15. The van der Waals surface area contributed by atoms with Crippen LogP contribution in [0.4, 0.5) is 5.13 Å². The molecule has 0 radical (unpaired) electrons. The Morgan fingerprint density at radius 3 is 3.18 bits per heavy atom. The van der Waals surface area contributed by atoms with Crippen LogP contribution in [0.3, 0.4) is 0 Å². The maximum atomic E-state index is 11.3. The van der Waals surface area contributed by atoms with E-state index < -0.39 is 0 Å². The Kier molecular flexibility index (Phi) is 2.45. The first-order valence-electron chi connectivity index (χ1n) is 5.29. The molecule has 17 heavy (non-hydrogen) atoms. The second-order valence-corrected chi connectivity index (χ2v) is 5.12. The van der Waals surface area contributed by atoms with Crippen molar-refractivity contribution in [2.45, 2.75) is 19.6 Å². The van der Waals surface area contributed by atoms with Crippen molar-refractivity contribution in [3.05, 3.63) is 27.4 Å². The summed E-state index contributed by atoms with van der Waals surface area (Å²) in [6.07, 6.45) is 1.80. The van der Waals surface area contributed by atoms with E-state index in [9.17, 15) is 4.79 Å². The normalized spacial score (nSPS) is 16.0. The number of nitrogens with zero attached hydrogens (tertiary/aromatic N) is 4. The molecule has 2 aromatic heterocycles. The molecule has 3 N–H and O–H groups in total. The summed E-state index contributed by atoms with van der Waals surface area (Å²) in [5, 5.41) is 7.06. The Balaban J connectivity index is 1.74. The smallest absolute Gasteiger partial charge is 0.343 e. The minimum absolute atomic E-state index is 0.123. The number of nitrogens with one attached hydrogen (secondary N) is 1. The molecule has 2 aromatic rings. The zero-order chi connectivity index (χ0) is 11.8. The number of anilines is 1. The Hall–Kier alpha value is -1.67. The molecule has 3 rings (SSSR count). The minimum Gasteiger partial charge on any atom is -0.375 e. The Labute approximate surface area is 101 Å². The van der Waals surface area contributed by atoms with Gasteiger partial charge in [0, 0.05) is 30.7 Å². The van der Waals surface area contributed by atoms with Crippen LogP contribution in [-0.2, 0) is 19.6 Å². The molecule has 0 spiro atoms. The molecule has 7 nitrogen and oxygen atoms in total. The van der Waals surface area contributed by atoms with Crippen molar-refractivity contribution < 1.29 is 0 Å². The van der Waals surface area contributed by atoms with E-state index in [-0.39, 0.29) is 5.69 Å². The lowest BCUT2D eigenvalue weighted by Crippen LogP contribution is -2.36. The number of nitrogens with two attached hydrogens (primary N) is 1. The van der Waals surface area contributed by atoms with Crippen molar-refractivity contribution in [3.8, 4) is 0 Å². The predicted octanol–water partition coefficient (Wildman–Crippen LogP) is -0.374. The number of H-pyrrole nitrogens is 1. The van der Waals surface area contributed by atoms with Gasteiger partial charge < -0.3 is 5.73 Å². The van der Waals surface area contributed by atoms with Crippen molar-refractivity contribution in [2.75, 3.05) is 12.3 Å². The van der Waals surface area contributed by atoms with Gasteiger partial charge in [-0.2, -0.15) is 5.10 Å². The molecule has 0 saturated carbocycles. The van der Waals surface area contributed by atoms with E-state index in [4.69, 9.17) is 5.73 Å². The van der Waals surface area contributed by atoms with Gasteiger partial charge in [0.25, 0.3) is 0 Å². The molecule has 0 amide bonds. The first-order valence-corrected chi connectivity index (χ1v) is 6.10. The number of fused-ring (bicyclic) bond motifs is 1. The quantitative estimate of drug-likeness (QED) is 0.760. The van der Waals surface area contributed by atoms with Gasteiger partial charge in [0.15, 0.2) is 5.13 Å². The van der Waals surface area contributed by atoms with E-state index in [1.807, 2.05) is 0 Å². The van der Waals surface area contributed by atoms with Crippen LogP contribution >= 0.6 is 11.3 Å². The van der Waals surface area contributed by atoms with Gasteiger partial charge >= 0.3 is 5.69 Å². The highest BCUT2D eigenvalue weighted by Crippen LogP contribution is 2.18. The summed E-state index contributed by atoms with van der Waals surface area (Å²) in [4.78, 5) is 18.7. The monoisotopic (exact) mass is 252 g/mol. The number of hydrogen-bond acceptors (Lipinski definition) is 6. The third-order valence-electron chi connectivity index (χ3n) is 2.79. The molecule has 0 unspecified atom stereocenters. The zero-order valence-corrected chi connectivity index (χ0v) is 9.90. The second kappa shape index (κ2) is 3.97. The number of hydrogen-bond donors (Lipinski definition) is 2. The second-order valence-electron chi connectivity index (χ2n) is 3.97. The van der Waals surface area contributed by atoms with Crippen molar-refractivity contribution in [1.29, 1.82) is 0 Å². The molecule has 1 aliphatic heterocycles. The third kappa shape index (κ3) is 1.96. The van der Waals surface area contributed by atoms with Gasteiger partial charge in [0.05, 0.1) is 6.54 Å². The lowest BCUT2D eigenvalue weighted by Gasteiger charge is -2.25. The standard InChI is InChI=1S/C9H12N6OS/c10-8-11-3-6(17-8)4-14-1-2-15-7(5-14)12-13-9(15)16/h3H,1-2,4-5H2,(H2,10,11)(H,13,16). The number of thiazole rings is 1. The van der Waals surface area contributed by atoms with Gasteiger partial charge in [0.2, 0.25) is 0 Å². The van der Waals surface area contributed by atoms with Crippen LogP contribution < -0.4 is 11.4 Å². The Bertz CT molecular complexity index is 584. The van der Waals surface area contributed by atoms with Gasteiger partial charge in [-0.15, -0.1) is 11.3 Å². The molecule has 3 heterocycles. The molecule has 8 heteroatoms. The molecule has 0 atom stereocenters. The minimum atomic E-state index is -0.123. The van der Waals surface area contributed by atoms with E-state index in [1.165, 1.54) is 11.3 Å². The average molecular weight is 252 g/mol. The summed E-state index contributed by atoms with van der Waals surface area (Å²) in [6, 6.07) is 0. The maximum absolute atomic E-state index is 11.3. The number of rotatable bonds is 2. The number of aromatic amines is 1. The summed E-state index contributed by atoms with van der Waals surface area (Å²) >= 11 is 1.50. The Morgan fingerprint density at radius 2 is 2.41 bits per heavy atom. The lowest BCUT2D eigenvalue weighted by atomic mass is 10.3. The summed E-state index contributed by atoms with van der Waals surface area (Å²) in [6.45, 7) is 3.00. The maximum Gasteiger partial charge on any atom is 0.343 e. The van der Waals surface area contributed by atoms with Crippen molar-refractivity contribution in [1.82, 2.24) is 24.6 Å². The van der Waals surface area contributed by atoms with Crippen LogP contribution in [-0.4, -0.2) is 31.2 Å². The van der Waals surface area contributed by atoms with E-state index in [0.29, 0.717) is 18.2 Å². The van der Waals surface area contributed by atoms with Crippen LogP contribution in [0.5, 0.6) is 0 Å². The van der Waals surface area contributed by atoms with Crippen LogP contribution in [0.2, 0.25) is 0 Å². The first-order chi connectivity index (χ1) is 8.22. The van der Waals surface area contributed by atoms with Crippen LogP contribution in [0.15, 0.2) is 11.0 Å². The van der Waals surface area contributed by atoms with Crippen LogP contribution in [0.1, 0.15) is 10.7 Å². The summed E-state index contributed by atoms with van der Waals surface area (Å²) in [5.74, 6) is 0.790. The fourth-order valence-electron chi connectivity index (χ4n) is 1.97. The molecule has 90 valence electrons. The molecule has 1 aliphatic rings. The molecule has 0 aromatic carbocycles.